The van der Waals surface area contributed by atoms with Crippen molar-refractivity contribution in [2.45, 2.75) is 44.8 Å². The van der Waals surface area contributed by atoms with E-state index in [0.717, 1.165) is 5.56 Å². The van der Waals surface area contributed by atoms with Gasteiger partial charge in [0.05, 0.1) is 29.8 Å². The first-order chi connectivity index (χ1) is 11.2. The molecule has 2 rings (SSSR count). The molecule has 1 aromatic carbocycles. The molecule has 1 aliphatic heterocycles. The van der Waals surface area contributed by atoms with Crippen LogP contribution in [0.2, 0.25) is 0 Å². The number of amides is 1. The van der Waals surface area contributed by atoms with Crippen LogP contribution in [-0.2, 0) is 14.9 Å². The predicted octanol–water partition coefficient (Wildman–Crippen LogP) is 2.75. The number of nitriles is 1. The summed E-state index contributed by atoms with van der Waals surface area (Å²) in [5, 5.41) is 9.22. The molecule has 5 heteroatoms. The van der Waals surface area contributed by atoms with Crippen molar-refractivity contribution in [3.05, 3.63) is 35.4 Å². The Morgan fingerprint density at radius 2 is 2.04 bits per heavy atom. The Bertz CT molecular complexity index is 629. The summed E-state index contributed by atoms with van der Waals surface area (Å²) in [7, 11) is 1.63. The van der Waals surface area contributed by atoms with E-state index in [1.165, 1.54) is 0 Å². The van der Waals surface area contributed by atoms with E-state index in [2.05, 4.69) is 6.07 Å². The third-order valence-electron chi connectivity index (χ3n) is 4.25. The molecule has 0 spiro atoms. The minimum absolute atomic E-state index is 0.0196. The Balaban J connectivity index is 2.17. The molecule has 0 bridgehead atoms. The number of hydrogen-bond donors (Lipinski definition) is 0. The molecule has 1 heterocycles. The van der Waals surface area contributed by atoms with Gasteiger partial charge in [-0.2, -0.15) is 5.26 Å². The molecule has 5 nitrogen and oxygen atoms in total. The molecule has 0 aliphatic carbocycles. The van der Waals surface area contributed by atoms with Crippen molar-refractivity contribution in [1.29, 1.82) is 5.26 Å². The van der Waals surface area contributed by atoms with E-state index in [9.17, 15) is 10.1 Å². The number of carbonyl (C=O) groups excluding carboxylic acids is 1. The number of ether oxygens (including phenoxy) is 2. The van der Waals surface area contributed by atoms with Crippen molar-refractivity contribution in [2.24, 2.45) is 0 Å². The van der Waals surface area contributed by atoms with Gasteiger partial charge in [-0.1, -0.05) is 12.1 Å². The summed E-state index contributed by atoms with van der Waals surface area (Å²) in [5.41, 5.74) is 0.564. The first-order valence-corrected chi connectivity index (χ1v) is 8.16. The average Bonchev–Trinajstić information content (AvgIpc) is 2.53. The van der Waals surface area contributed by atoms with Crippen LogP contribution in [0.15, 0.2) is 24.3 Å². The minimum Gasteiger partial charge on any atom is -0.382 e. The fourth-order valence-corrected chi connectivity index (χ4v) is 3.00. The van der Waals surface area contributed by atoms with Crippen LogP contribution < -0.4 is 0 Å². The van der Waals surface area contributed by atoms with Crippen LogP contribution in [0.5, 0.6) is 0 Å². The standard InChI is InChI=1S/C19H26N2O3/c1-18(2,12-20)15-8-6-14(7-9-15)17(22)21-10-16(11-23-5)24-19(3,4)13-21/h6-9,16H,10-11,13H2,1-5H3/t16-/m0/s1. The molecule has 1 saturated heterocycles. The van der Waals surface area contributed by atoms with Crippen molar-refractivity contribution >= 4 is 5.91 Å². The summed E-state index contributed by atoms with van der Waals surface area (Å²) in [4.78, 5) is 14.6. The lowest BCUT2D eigenvalue weighted by Crippen LogP contribution is -2.55. The number of hydrogen-bond acceptors (Lipinski definition) is 4. The normalized spacial score (nSPS) is 20.5. The van der Waals surface area contributed by atoms with E-state index in [4.69, 9.17) is 9.47 Å². The van der Waals surface area contributed by atoms with Crippen molar-refractivity contribution in [3.63, 3.8) is 0 Å². The second-order valence-corrected chi connectivity index (χ2v) is 7.45. The number of carbonyl (C=O) groups is 1. The number of benzene rings is 1. The van der Waals surface area contributed by atoms with Crippen molar-refractivity contribution in [2.75, 3.05) is 26.8 Å². The molecule has 24 heavy (non-hydrogen) atoms. The van der Waals surface area contributed by atoms with Crippen LogP contribution in [0, 0.1) is 11.3 Å². The largest absolute Gasteiger partial charge is 0.382 e. The zero-order valence-electron chi connectivity index (χ0n) is 15.1. The third-order valence-corrected chi connectivity index (χ3v) is 4.25. The van der Waals surface area contributed by atoms with E-state index in [-0.39, 0.29) is 12.0 Å². The lowest BCUT2D eigenvalue weighted by Gasteiger charge is -2.42. The fourth-order valence-electron chi connectivity index (χ4n) is 3.00. The summed E-state index contributed by atoms with van der Waals surface area (Å²) >= 11 is 0. The van der Waals surface area contributed by atoms with Gasteiger partial charge in [-0.15, -0.1) is 0 Å². The highest BCUT2D eigenvalue weighted by Crippen LogP contribution is 2.25. The third kappa shape index (κ3) is 4.14. The molecular weight excluding hydrogens is 304 g/mol. The van der Waals surface area contributed by atoms with Gasteiger partial charge in [0.2, 0.25) is 0 Å². The van der Waals surface area contributed by atoms with Crippen LogP contribution in [0.1, 0.15) is 43.6 Å². The van der Waals surface area contributed by atoms with Gasteiger partial charge < -0.3 is 14.4 Å². The highest BCUT2D eigenvalue weighted by atomic mass is 16.5. The Morgan fingerprint density at radius 1 is 1.42 bits per heavy atom. The predicted molar refractivity (Wildman–Crippen MR) is 91.8 cm³/mol. The zero-order chi connectivity index (χ0) is 18.0. The SMILES string of the molecule is COC[C@@H]1CN(C(=O)c2ccc(C(C)(C)C#N)cc2)CC(C)(C)O1. The summed E-state index contributed by atoms with van der Waals surface area (Å²) in [6.45, 7) is 9.20. The molecule has 1 atom stereocenters. The number of morpholine rings is 1. The van der Waals surface area contributed by atoms with E-state index in [0.29, 0.717) is 25.3 Å². The highest BCUT2D eigenvalue weighted by molar-refractivity contribution is 5.94. The number of rotatable bonds is 4. The van der Waals surface area contributed by atoms with Crippen LogP contribution in [0.3, 0.4) is 0 Å². The molecule has 0 radical (unpaired) electrons. The topological polar surface area (TPSA) is 62.6 Å². The van der Waals surface area contributed by atoms with Gasteiger partial charge in [-0.3, -0.25) is 4.79 Å². The average molecular weight is 330 g/mol. The maximum atomic E-state index is 12.8. The maximum absolute atomic E-state index is 12.8. The second-order valence-electron chi connectivity index (χ2n) is 7.45. The molecule has 0 aromatic heterocycles. The van der Waals surface area contributed by atoms with E-state index < -0.39 is 11.0 Å². The Hall–Kier alpha value is -1.90. The molecule has 0 N–H and O–H groups in total. The quantitative estimate of drug-likeness (QED) is 0.851. The Morgan fingerprint density at radius 3 is 2.58 bits per heavy atom. The summed E-state index contributed by atoms with van der Waals surface area (Å²) in [6.07, 6.45) is -0.125. The number of methoxy groups -OCH3 is 1. The molecule has 1 aromatic rings. The van der Waals surface area contributed by atoms with E-state index in [1.54, 1.807) is 19.2 Å². The van der Waals surface area contributed by atoms with Crippen molar-refractivity contribution < 1.29 is 14.3 Å². The highest BCUT2D eigenvalue weighted by Gasteiger charge is 2.36. The second kappa shape index (κ2) is 6.92. The van der Waals surface area contributed by atoms with Crippen LogP contribution in [0.25, 0.3) is 0 Å². The lowest BCUT2D eigenvalue weighted by atomic mass is 9.86. The number of nitrogens with zero attached hydrogens (tertiary/aromatic N) is 2. The van der Waals surface area contributed by atoms with Crippen LogP contribution in [0.4, 0.5) is 0 Å². The summed E-state index contributed by atoms with van der Waals surface area (Å²) < 4.78 is 11.1. The zero-order valence-corrected chi connectivity index (χ0v) is 15.1. The van der Waals surface area contributed by atoms with Crippen LogP contribution >= 0.6 is 0 Å². The van der Waals surface area contributed by atoms with Gasteiger partial charge in [0, 0.05) is 25.8 Å². The maximum Gasteiger partial charge on any atom is 0.254 e. The fraction of sp³-hybridized carbons (Fsp3) is 0.579. The van der Waals surface area contributed by atoms with Crippen molar-refractivity contribution in [3.8, 4) is 6.07 Å². The van der Waals surface area contributed by atoms with Gasteiger partial charge >= 0.3 is 0 Å². The van der Waals surface area contributed by atoms with Gasteiger partial charge in [0.15, 0.2) is 0 Å². The monoisotopic (exact) mass is 330 g/mol. The van der Waals surface area contributed by atoms with Gasteiger partial charge in [-0.25, -0.2) is 0 Å². The summed E-state index contributed by atoms with van der Waals surface area (Å²) in [6, 6.07) is 9.58. The molecular formula is C19H26N2O3. The van der Waals surface area contributed by atoms with E-state index >= 15 is 0 Å². The first-order valence-electron chi connectivity index (χ1n) is 8.16. The summed E-state index contributed by atoms with van der Waals surface area (Å²) in [5.74, 6) is -0.0196. The Labute approximate surface area is 144 Å². The van der Waals surface area contributed by atoms with E-state index in [1.807, 2.05) is 44.7 Å². The molecule has 1 amide bonds. The lowest BCUT2D eigenvalue weighted by molar-refractivity contribution is -0.143. The molecule has 130 valence electrons. The van der Waals surface area contributed by atoms with Crippen molar-refractivity contribution in [1.82, 2.24) is 4.90 Å². The molecule has 1 fully saturated rings. The molecule has 0 unspecified atom stereocenters. The minimum atomic E-state index is -0.563. The van der Waals surface area contributed by atoms with Crippen LogP contribution in [-0.4, -0.2) is 49.3 Å². The first kappa shape index (κ1) is 18.4. The van der Waals surface area contributed by atoms with Gasteiger partial charge in [0.25, 0.3) is 5.91 Å². The molecule has 1 aliphatic rings. The molecule has 0 saturated carbocycles. The smallest absolute Gasteiger partial charge is 0.254 e. The van der Waals surface area contributed by atoms with Gasteiger partial charge in [-0.05, 0) is 45.4 Å². The van der Waals surface area contributed by atoms with Gasteiger partial charge in [0.1, 0.15) is 0 Å². The Kier molecular flexibility index (Phi) is 5.32.